The molecule has 0 amide bonds. The number of thiophene rings is 2. The number of benzene rings is 4. The maximum absolute atomic E-state index is 13.4. The molecule has 1 saturated carbocycles. The summed E-state index contributed by atoms with van der Waals surface area (Å²) >= 11 is 2.99. The van der Waals surface area contributed by atoms with Crippen LogP contribution < -0.4 is 0 Å². The van der Waals surface area contributed by atoms with Crippen LogP contribution in [0.4, 0.5) is 0 Å². The highest BCUT2D eigenvalue weighted by Gasteiger charge is 2.44. The van der Waals surface area contributed by atoms with Gasteiger partial charge in [0.1, 0.15) is 24.3 Å². The summed E-state index contributed by atoms with van der Waals surface area (Å²) < 4.78 is 2.02. The van der Waals surface area contributed by atoms with Crippen LogP contribution in [-0.2, 0) is 5.41 Å². The van der Waals surface area contributed by atoms with Crippen molar-refractivity contribution in [2.24, 2.45) is 0 Å². The second-order valence-electron chi connectivity index (χ2n) is 14.6. The fourth-order valence-corrected chi connectivity index (χ4v) is 11.1. The molecule has 0 saturated heterocycles. The van der Waals surface area contributed by atoms with Crippen LogP contribution in [0, 0.1) is 45.3 Å². The molecule has 4 aliphatic carbocycles. The summed E-state index contributed by atoms with van der Waals surface area (Å²) in [6.07, 6.45) is 8.59. The second kappa shape index (κ2) is 12.0. The quantitative estimate of drug-likeness (QED) is 0.124. The number of rotatable bonds is 2. The van der Waals surface area contributed by atoms with Crippen molar-refractivity contribution in [2.45, 2.75) is 37.5 Å². The van der Waals surface area contributed by atoms with Crippen molar-refractivity contribution in [1.29, 1.82) is 21.0 Å². The molecule has 262 valence electrons. The fraction of sp³-hybridized carbons (Fsp3) is 0.130. The zero-order valence-corrected chi connectivity index (χ0v) is 30.8. The summed E-state index contributed by atoms with van der Waals surface area (Å²) in [5, 5.41) is 39.9. The van der Waals surface area contributed by atoms with Gasteiger partial charge in [0.2, 0.25) is 0 Å². The molecule has 2 aromatic heterocycles. The van der Waals surface area contributed by atoms with Crippen LogP contribution in [0.3, 0.4) is 0 Å². The van der Waals surface area contributed by atoms with Gasteiger partial charge in [0.25, 0.3) is 0 Å². The first kappa shape index (κ1) is 33.5. The molecule has 0 N–H and O–H groups in total. The molecule has 0 bridgehead atoms. The van der Waals surface area contributed by atoms with Crippen molar-refractivity contribution in [2.75, 3.05) is 0 Å². The maximum Gasteiger partial charge on any atom is 0.197 e. The van der Waals surface area contributed by atoms with Gasteiger partial charge in [-0.25, -0.2) is 0 Å². The SMILES string of the molecule is N#Cc1cc2c(cc1C#N)C(=O)C(=Cc1cc3cc4c(cc3s1)-c1cc3sc(C=C5C(=O)c6cc(C#N)c(C#N)cc6C5=O)cc3cc1C41CCCCC1)C2=O. The van der Waals surface area contributed by atoms with Crippen molar-refractivity contribution < 1.29 is 19.2 Å². The second-order valence-corrected chi connectivity index (χ2v) is 16.8. The third-order valence-corrected chi connectivity index (χ3v) is 13.8. The molecule has 0 unspecified atom stereocenters. The smallest absolute Gasteiger partial charge is 0.197 e. The summed E-state index contributed by atoms with van der Waals surface area (Å²) in [6, 6.07) is 26.1. The Labute approximate surface area is 327 Å². The van der Waals surface area contributed by atoms with E-state index in [9.17, 15) is 40.2 Å². The molecular formula is C46H22N4O4S2. The maximum atomic E-state index is 13.4. The standard InChI is InChI=1S/C46H22N4O4S2/c47-18-24-8-32-33(9-25(24)19-48)43(52)36(42(32)51)14-28-6-22-12-38-30(16-40(22)55-28)31-17-41-23(13-39(31)46(38)4-2-1-3-5-46)7-29(56-41)15-37-44(53)34-10-26(20-49)27(21-50)11-35(34)45(37)54/h6-17H,1-5H2. The van der Waals surface area contributed by atoms with Gasteiger partial charge in [0, 0.05) is 46.8 Å². The average Bonchev–Trinajstić information content (AvgIpc) is 3.98. The van der Waals surface area contributed by atoms with Gasteiger partial charge >= 0.3 is 0 Å². The normalized spacial score (nSPS) is 16.0. The van der Waals surface area contributed by atoms with E-state index in [2.05, 4.69) is 24.3 Å². The van der Waals surface area contributed by atoms with Gasteiger partial charge in [-0.2, -0.15) is 21.0 Å². The van der Waals surface area contributed by atoms with Gasteiger partial charge in [0.15, 0.2) is 23.1 Å². The molecule has 10 heteroatoms. The number of allylic oxidation sites excluding steroid dienone is 2. The minimum atomic E-state index is -0.455. The number of carbonyl (C=O) groups excluding carboxylic acids is 4. The van der Waals surface area contributed by atoms with Crippen molar-refractivity contribution in [3.63, 3.8) is 0 Å². The molecule has 6 aromatic rings. The molecule has 56 heavy (non-hydrogen) atoms. The van der Waals surface area contributed by atoms with E-state index in [1.165, 1.54) is 58.1 Å². The lowest BCUT2D eigenvalue weighted by atomic mass is 9.67. The number of ketones is 4. The topological polar surface area (TPSA) is 163 Å². The molecule has 4 aliphatic rings. The molecule has 0 aliphatic heterocycles. The van der Waals surface area contributed by atoms with E-state index in [1.54, 1.807) is 12.2 Å². The van der Waals surface area contributed by atoms with E-state index in [-0.39, 0.29) is 61.1 Å². The van der Waals surface area contributed by atoms with E-state index in [0.29, 0.717) is 0 Å². The highest BCUT2D eigenvalue weighted by molar-refractivity contribution is 7.20. The van der Waals surface area contributed by atoms with Crippen LogP contribution in [0.2, 0.25) is 0 Å². The minimum Gasteiger partial charge on any atom is -0.288 e. The lowest BCUT2D eigenvalue weighted by Gasteiger charge is -2.36. The Hall–Kier alpha value is -7.08. The van der Waals surface area contributed by atoms with E-state index >= 15 is 0 Å². The summed E-state index contributed by atoms with van der Waals surface area (Å²) in [6.45, 7) is 0. The number of fused-ring (bicyclic) bond motifs is 9. The largest absolute Gasteiger partial charge is 0.288 e. The average molecular weight is 759 g/mol. The van der Waals surface area contributed by atoms with Gasteiger partial charge in [-0.15, -0.1) is 22.7 Å². The van der Waals surface area contributed by atoms with Crippen LogP contribution in [0.1, 0.15) is 117 Å². The van der Waals surface area contributed by atoms with Crippen molar-refractivity contribution in [3.05, 3.63) is 137 Å². The van der Waals surface area contributed by atoms with E-state index in [4.69, 9.17) is 0 Å². The van der Waals surface area contributed by atoms with Gasteiger partial charge in [-0.3, -0.25) is 19.2 Å². The van der Waals surface area contributed by atoms with Crippen molar-refractivity contribution >= 4 is 78.1 Å². The number of hydrogen-bond acceptors (Lipinski definition) is 10. The Morgan fingerprint density at radius 3 is 1.16 bits per heavy atom. The van der Waals surface area contributed by atoms with Gasteiger partial charge in [0.05, 0.1) is 33.4 Å². The lowest BCUT2D eigenvalue weighted by molar-refractivity contribution is 0.0975. The monoisotopic (exact) mass is 758 g/mol. The highest BCUT2D eigenvalue weighted by atomic mass is 32.1. The van der Waals surface area contributed by atoms with E-state index in [1.807, 2.05) is 36.4 Å². The summed E-state index contributed by atoms with van der Waals surface area (Å²) in [5.74, 6) is -1.82. The third-order valence-electron chi connectivity index (χ3n) is 11.7. The number of nitriles is 4. The minimum absolute atomic E-state index is 0.0155. The zero-order chi connectivity index (χ0) is 38.6. The van der Waals surface area contributed by atoms with Crippen LogP contribution in [0.25, 0.3) is 43.5 Å². The Kier molecular flexibility index (Phi) is 7.15. The molecule has 1 fully saturated rings. The first-order chi connectivity index (χ1) is 27.2. The van der Waals surface area contributed by atoms with E-state index < -0.39 is 23.1 Å². The van der Waals surface area contributed by atoms with Gasteiger partial charge in [-0.05, 0) is 119 Å². The molecule has 0 radical (unpaired) electrons. The first-order valence-electron chi connectivity index (χ1n) is 17.9. The van der Waals surface area contributed by atoms with Gasteiger partial charge in [-0.1, -0.05) is 19.3 Å². The number of carbonyl (C=O) groups is 4. The zero-order valence-electron chi connectivity index (χ0n) is 29.2. The molecule has 1 spiro atoms. The van der Waals surface area contributed by atoms with Crippen molar-refractivity contribution in [3.8, 4) is 35.4 Å². The van der Waals surface area contributed by atoms with Crippen LogP contribution in [0.15, 0.2) is 71.8 Å². The van der Waals surface area contributed by atoms with Crippen LogP contribution >= 0.6 is 22.7 Å². The van der Waals surface area contributed by atoms with Crippen LogP contribution in [0.5, 0.6) is 0 Å². The Balaban J connectivity index is 1.05. The summed E-state index contributed by atoms with van der Waals surface area (Å²) in [7, 11) is 0. The Bertz CT molecular complexity index is 2880. The lowest BCUT2D eigenvalue weighted by Crippen LogP contribution is -2.28. The van der Waals surface area contributed by atoms with Crippen LogP contribution in [-0.4, -0.2) is 23.1 Å². The molecule has 4 aromatic carbocycles. The molecule has 8 nitrogen and oxygen atoms in total. The number of Topliss-reactive ketones (excluding diaryl/α,β-unsaturated/α-hetero) is 4. The number of hydrogen-bond donors (Lipinski definition) is 0. The third kappa shape index (κ3) is 4.58. The predicted molar refractivity (Wildman–Crippen MR) is 212 cm³/mol. The van der Waals surface area contributed by atoms with Crippen molar-refractivity contribution in [1.82, 2.24) is 0 Å². The molecular weight excluding hydrogens is 737 g/mol. The summed E-state index contributed by atoms with van der Waals surface area (Å²) in [4.78, 5) is 55.1. The Morgan fingerprint density at radius 2 is 0.821 bits per heavy atom. The van der Waals surface area contributed by atoms with E-state index in [0.717, 1.165) is 73.2 Å². The number of nitrogens with zero attached hydrogens (tertiary/aromatic N) is 4. The van der Waals surface area contributed by atoms with Gasteiger partial charge < -0.3 is 0 Å². The highest BCUT2D eigenvalue weighted by Crippen LogP contribution is 2.58. The first-order valence-corrected chi connectivity index (χ1v) is 19.5. The molecule has 2 heterocycles. The predicted octanol–water partition coefficient (Wildman–Crippen LogP) is 9.76. The molecule has 10 rings (SSSR count). The Morgan fingerprint density at radius 1 is 0.464 bits per heavy atom. The molecule has 0 atom stereocenters. The summed E-state index contributed by atoms with van der Waals surface area (Å²) in [5.41, 5.74) is 5.51. The fourth-order valence-electron chi connectivity index (χ4n) is 9.09.